The van der Waals surface area contributed by atoms with Gasteiger partial charge in [0.15, 0.2) is 17.6 Å². The maximum Gasteiger partial charge on any atom is 0.315 e. The van der Waals surface area contributed by atoms with Crippen molar-refractivity contribution in [2.45, 2.75) is 63.7 Å². The summed E-state index contributed by atoms with van der Waals surface area (Å²) in [6.45, 7) is 7.85. The van der Waals surface area contributed by atoms with E-state index in [1.807, 2.05) is 45.0 Å². The number of aryl methyl sites for hydroxylation is 1. The zero-order valence-electron chi connectivity index (χ0n) is 23.2. The van der Waals surface area contributed by atoms with E-state index in [0.29, 0.717) is 18.0 Å². The summed E-state index contributed by atoms with van der Waals surface area (Å²) in [4.78, 5) is 40.4. The number of nitrogens with zero attached hydrogens (tertiary/aromatic N) is 1. The summed E-state index contributed by atoms with van der Waals surface area (Å²) >= 11 is 1.47. The Kier molecular flexibility index (Phi) is 10.1. The molecule has 0 aromatic heterocycles. The van der Waals surface area contributed by atoms with Crippen molar-refractivity contribution in [3.8, 4) is 11.5 Å². The molecule has 0 saturated carbocycles. The van der Waals surface area contributed by atoms with Crippen LogP contribution in [0.3, 0.4) is 0 Å². The van der Waals surface area contributed by atoms with Crippen LogP contribution in [-0.4, -0.2) is 70.9 Å². The summed E-state index contributed by atoms with van der Waals surface area (Å²) in [6.07, 6.45) is -1.53. The van der Waals surface area contributed by atoms with E-state index < -0.39 is 34.9 Å². The van der Waals surface area contributed by atoms with Gasteiger partial charge in [0.05, 0.1) is 26.1 Å². The molecule has 1 heterocycles. The first kappa shape index (κ1) is 30.1. The highest BCUT2D eigenvalue weighted by atomic mass is 32.2. The number of amides is 4. The molecule has 4 N–H and O–H groups in total. The second kappa shape index (κ2) is 13.1. The Morgan fingerprint density at radius 2 is 1.77 bits per heavy atom. The van der Waals surface area contributed by atoms with Crippen molar-refractivity contribution in [1.29, 1.82) is 0 Å². The second-order valence-electron chi connectivity index (χ2n) is 9.98. The fourth-order valence-electron chi connectivity index (χ4n) is 4.39. The number of urea groups is 1. The van der Waals surface area contributed by atoms with Crippen molar-refractivity contribution in [2.24, 2.45) is 0 Å². The molecule has 1 aliphatic rings. The van der Waals surface area contributed by atoms with Crippen molar-refractivity contribution in [3.05, 3.63) is 59.2 Å². The third-order valence-corrected chi connectivity index (χ3v) is 8.15. The van der Waals surface area contributed by atoms with Gasteiger partial charge in [-0.05, 0) is 56.5 Å². The van der Waals surface area contributed by atoms with E-state index in [1.165, 1.54) is 23.8 Å². The van der Waals surface area contributed by atoms with Gasteiger partial charge < -0.3 is 35.4 Å². The number of hydrogen-bond acceptors (Lipinski definition) is 7. The maximum absolute atomic E-state index is 13.3. The molecule has 2 aromatic rings. The molecule has 1 aliphatic heterocycles. The van der Waals surface area contributed by atoms with Gasteiger partial charge in [0.25, 0.3) is 5.91 Å². The van der Waals surface area contributed by atoms with Gasteiger partial charge >= 0.3 is 6.03 Å². The normalized spacial score (nSPS) is 17.6. The number of hydrogen-bond donors (Lipinski definition) is 4. The fraction of sp³-hybridized carbons (Fsp3) is 0.464. The number of thioether (sulfide) groups is 1. The van der Waals surface area contributed by atoms with Crippen LogP contribution in [0.2, 0.25) is 0 Å². The van der Waals surface area contributed by atoms with Gasteiger partial charge in [0.2, 0.25) is 5.91 Å². The SMILES string of the molecule is COc1ccc(CNC(=O)NC(C)C(O)C(=O)N2CSC(C)(C)C2C(=O)NCc2ccccc2C)cc1OC. The van der Waals surface area contributed by atoms with E-state index in [-0.39, 0.29) is 18.3 Å². The predicted molar refractivity (Wildman–Crippen MR) is 151 cm³/mol. The molecule has 11 heteroatoms. The number of carbonyl (C=O) groups excluding carboxylic acids is 3. The molecule has 212 valence electrons. The predicted octanol–water partition coefficient (Wildman–Crippen LogP) is 2.56. The molecule has 10 nitrogen and oxygen atoms in total. The highest BCUT2D eigenvalue weighted by Gasteiger charge is 2.49. The van der Waals surface area contributed by atoms with Crippen molar-refractivity contribution < 1.29 is 29.0 Å². The molecule has 1 saturated heterocycles. The van der Waals surface area contributed by atoms with Gasteiger partial charge in [-0.25, -0.2) is 4.79 Å². The van der Waals surface area contributed by atoms with E-state index in [1.54, 1.807) is 32.2 Å². The van der Waals surface area contributed by atoms with Gasteiger partial charge in [-0.2, -0.15) is 0 Å². The average molecular weight is 559 g/mol. The van der Waals surface area contributed by atoms with Crippen LogP contribution in [-0.2, 0) is 22.7 Å². The standard InChI is InChI=1S/C28H38N4O6S/c1-17-9-7-8-10-20(17)15-29-25(34)24-28(3,4)39-16-32(24)26(35)23(33)18(2)31-27(36)30-14-19-11-12-21(37-5)22(13-19)38-6/h7-13,18,23-24,33H,14-16H2,1-6H3,(H,29,34)(H2,30,31,36). The lowest BCUT2D eigenvalue weighted by molar-refractivity contribution is -0.147. The third-order valence-electron chi connectivity index (χ3n) is 6.78. The van der Waals surface area contributed by atoms with Crippen LogP contribution >= 0.6 is 11.8 Å². The molecule has 3 rings (SSSR count). The summed E-state index contributed by atoms with van der Waals surface area (Å²) in [6, 6.07) is 10.8. The van der Waals surface area contributed by atoms with Gasteiger partial charge in [-0.1, -0.05) is 30.3 Å². The number of aliphatic hydroxyl groups excluding tert-OH is 1. The zero-order valence-corrected chi connectivity index (χ0v) is 24.1. The molecule has 1 fully saturated rings. The first-order valence-corrected chi connectivity index (χ1v) is 13.7. The highest BCUT2D eigenvalue weighted by Crippen LogP contribution is 2.39. The van der Waals surface area contributed by atoms with E-state index in [4.69, 9.17) is 9.47 Å². The number of ether oxygens (including phenoxy) is 2. The molecule has 4 amide bonds. The van der Waals surface area contributed by atoms with E-state index in [2.05, 4.69) is 16.0 Å². The molecule has 0 bridgehead atoms. The van der Waals surface area contributed by atoms with Crippen LogP contribution in [0.1, 0.15) is 37.5 Å². The Balaban J connectivity index is 1.58. The molecule has 0 radical (unpaired) electrons. The highest BCUT2D eigenvalue weighted by molar-refractivity contribution is 8.00. The largest absolute Gasteiger partial charge is 0.493 e. The molecule has 3 atom stereocenters. The number of nitrogens with one attached hydrogen (secondary N) is 3. The van der Waals surface area contributed by atoms with Crippen molar-refractivity contribution in [1.82, 2.24) is 20.9 Å². The Morgan fingerprint density at radius 1 is 1.08 bits per heavy atom. The minimum atomic E-state index is -1.53. The van der Waals surface area contributed by atoms with Crippen molar-refractivity contribution in [2.75, 3.05) is 20.1 Å². The number of rotatable bonds is 10. The van der Waals surface area contributed by atoms with Gasteiger partial charge in [0, 0.05) is 17.8 Å². The summed E-state index contributed by atoms with van der Waals surface area (Å²) in [5.41, 5.74) is 2.83. The number of carbonyl (C=O) groups is 3. The lowest BCUT2D eigenvalue weighted by Crippen LogP contribution is -2.58. The monoisotopic (exact) mass is 558 g/mol. The van der Waals surface area contributed by atoms with Gasteiger partial charge in [-0.3, -0.25) is 9.59 Å². The van der Waals surface area contributed by atoms with E-state index >= 15 is 0 Å². The topological polar surface area (TPSA) is 129 Å². The molecule has 3 unspecified atom stereocenters. The van der Waals surface area contributed by atoms with Crippen molar-refractivity contribution in [3.63, 3.8) is 0 Å². The number of benzene rings is 2. The van der Waals surface area contributed by atoms with Crippen LogP contribution in [0.5, 0.6) is 11.5 Å². The Labute approximate surface area is 233 Å². The van der Waals surface area contributed by atoms with E-state index in [9.17, 15) is 19.5 Å². The van der Waals surface area contributed by atoms with Gasteiger partial charge in [-0.15, -0.1) is 11.8 Å². The molecule has 0 spiro atoms. The second-order valence-corrected chi connectivity index (χ2v) is 11.6. The minimum absolute atomic E-state index is 0.197. The molecular weight excluding hydrogens is 520 g/mol. The van der Waals surface area contributed by atoms with Crippen molar-refractivity contribution >= 4 is 29.6 Å². The number of aliphatic hydroxyl groups is 1. The maximum atomic E-state index is 13.3. The lowest BCUT2D eigenvalue weighted by Gasteiger charge is -2.32. The Hall–Kier alpha value is -3.44. The molecular formula is C28H38N4O6S. The first-order chi connectivity index (χ1) is 18.5. The zero-order chi connectivity index (χ0) is 28.7. The molecule has 39 heavy (non-hydrogen) atoms. The molecule has 0 aliphatic carbocycles. The van der Waals surface area contributed by atoms with Crippen LogP contribution in [0.4, 0.5) is 4.79 Å². The Morgan fingerprint density at radius 3 is 2.44 bits per heavy atom. The number of methoxy groups -OCH3 is 2. The summed E-state index contributed by atoms with van der Waals surface area (Å²) in [5, 5.41) is 19.1. The first-order valence-electron chi connectivity index (χ1n) is 12.7. The smallest absolute Gasteiger partial charge is 0.315 e. The van der Waals surface area contributed by atoms with E-state index in [0.717, 1.165) is 16.7 Å². The van der Waals surface area contributed by atoms with Gasteiger partial charge in [0.1, 0.15) is 6.04 Å². The quantitative estimate of drug-likeness (QED) is 0.353. The van der Waals surface area contributed by atoms with Crippen LogP contribution < -0.4 is 25.4 Å². The molecule has 2 aromatic carbocycles. The van der Waals surface area contributed by atoms with Crippen LogP contribution in [0.25, 0.3) is 0 Å². The van der Waals surface area contributed by atoms with Crippen LogP contribution in [0.15, 0.2) is 42.5 Å². The lowest BCUT2D eigenvalue weighted by atomic mass is 9.99. The fourth-order valence-corrected chi connectivity index (χ4v) is 5.53. The summed E-state index contributed by atoms with van der Waals surface area (Å²) < 4.78 is 9.94. The summed E-state index contributed by atoms with van der Waals surface area (Å²) in [5.74, 6) is 0.463. The Bertz CT molecular complexity index is 1190. The van der Waals surface area contributed by atoms with Crippen LogP contribution in [0, 0.1) is 6.92 Å². The average Bonchev–Trinajstić information content (AvgIpc) is 3.24. The summed E-state index contributed by atoms with van der Waals surface area (Å²) in [7, 11) is 3.07. The minimum Gasteiger partial charge on any atom is -0.493 e. The third kappa shape index (κ3) is 7.36.